The van der Waals surface area contributed by atoms with E-state index in [0.29, 0.717) is 0 Å². The molecule has 0 aromatic heterocycles. The first kappa shape index (κ1) is 13.6. The molecule has 2 rings (SSSR count). The van der Waals surface area contributed by atoms with Gasteiger partial charge in [0.15, 0.2) is 0 Å². The topological polar surface area (TPSA) is 0 Å². The minimum atomic E-state index is 0.820. The van der Waals surface area contributed by atoms with E-state index in [2.05, 4.69) is 38.2 Å². The Kier molecular flexibility index (Phi) is 5.28. The van der Waals surface area contributed by atoms with Crippen LogP contribution >= 0.6 is 0 Å². The average molecular weight is 244 g/mol. The molecule has 0 aromatic rings. The molecule has 0 amide bonds. The Labute approximate surface area is 113 Å². The number of rotatable bonds is 4. The Balaban J connectivity index is 1.84. The van der Waals surface area contributed by atoms with Crippen LogP contribution in [0.4, 0.5) is 0 Å². The minimum Gasteiger partial charge on any atom is -0.0853 e. The third-order valence-corrected chi connectivity index (χ3v) is 4.55. The Hall–Kier alpha value is -0.780. The molecular formula is C18H28. The predicted octanol–water partition coefficient (Wildman–Crippen LogP) is 5.82. The maximum Gasteiger partial charge on any atom is -0.0193 e. The molecule has 0 N–H and O–H groups in total. The lowest BCUT2D eigenvalue weighted by atomic mass is 9.84. The quantitative estimate of drug-likeness (QED) is 0.547. The highest BCUT2D eigenvalue weighted by atomic mass is 14.2. The molecule has 2 unspecified atom stereocenters. The van der Waals surface area contributed by atoms with E-state index in [4.69, 9.17) is 0 Å². The molecule has 0 spiro atoms. The van der Waals surface area contributed by atoms with Crippen LogP contribution < -0.4 is 0 Å². The van der Waals surface area contributed by atoms with Crippen molar-refractivity contribution in [2.75, 3.05) is 0 Å². The number of allylic oxidation sites excluding steroid dienone is 6. The molecule has 0 radical (unpaired) electrons. The van der Waals surface area contributed by atoms with E-state index in [0.717, 1.165) is 11.8 Å². The van der Waals surface area contributed by atoms with Crippen molar-refractivity contribution >= 4 is 0 Å². The van der Waals surface area contributed by atoms with Gasteiger partial charge in [0.25, 0.3) is 0 Å². The molecular weight excluding hydrogens is 216 g/mol. The lowest BCUT2D eigenvalue weighted by Gasteiger charge is -2.22. The summed E-state index contributed by atoms with van der Waals surface area (Å²) in [5.74, 6) is 1.64. The summed E-state index contributed by atoms with van der Waals surface area (Å²) in [4.78, 5) is 0. The Morgan fingerprint density at radius 1 is 0.889 bits per heavy atom. The van der Waals surface area contributed by atoms with Crippen molar-refractivity contribution in [2.45, 2.75) is 65.2 Å². The van der Waals surface area contributed by atoms with Crippen LogP contribution in [0.3, 0.4) is 0 Å². The van der Waals surface area contributed by atoms with Crippen LogP contribution in [0.2, 0.25) is 0 Å². The van der Waals surface area contributed by atoms with Crippen LogP contribution in [0.5, 0.6) is 0 Å². The molecule has 0 heteroatoms. The molecule has 0 aromatic carbocycles. The lowest BCUT2D eigenvalue weighted by molar-refractivity contribution is 0.526. The maximum atomic E-state index is 2.53. The van der Waals surface area contributed by atoms with Gasteiger partial charge < -0.3 is 0 Å². The van der Waals surface area contributed by atoms with Crippen LogP contribution in [0, 0.1) is 11.8 Å². The molecule has 0 fully saturated rings. The second-order valence-corrected chi connectivity index (χ2v) is 5.90. The van der Waals surface area contributed by atoms with Gasteiger partial charge >= 0.3 is 0 Å². The maximum absolute atomic E-state index is 2.53. The van der Waals surface area contributed by atoms with Crippen molar-refractivity contribution in [1.82, 2.24) is 0 Å². The summed E-state index contributed by atoms with van der Waals surface area (Å²) in [7, 11) is 0. The second kappa shape index (κ2) is 6.97. The lowest BCUT2D eigenvalue weighted by Crippen LogP contribution is -2.07. The molecule has 0 saturated carbocycles. The van der Waals surface area contributed by atoms with Crippen LogP contribution in [0.1, 0.15) is 65.2 Å². The Bertz CT molecular complexity index is 309. The van der Waals surface area contributed by atoms with Crippen molar-refractivity contribution in [3.8, 4) is 0 Å². The van der Waals surface area contributed by atoms with Crippen molar-refractivity contribution in [3.63, 3.8) is 0 Å². The molecule has 0 bridgehead atoms. The van der Waals surface area contributed by atoms with Gasteiger partial charge in [0.05, 0.1) is 0 Å². The normalized spacial score (nSPS) is 29.2. The summed E-state index contributed by atoms with van der Waals surface area (Å²) in [6, 6.07) is 0. The van der Waals surface area contributed by atoms with Crippen LogP contribution in [-0.4, -0.2) is 0 Å². The summed E-state index contributed by atoms with van der Waals surface area (Å²) >= 11 is 0. The van der Waals surface area contributed by atoms with Crippen molar-refractivity contribution in [3.05, 3.63) is 35.5 Å². The standard InChI is InChI=1S/C18H28/c1-3-15-7-5-9-17(13-15)11-12-18-10-6-8-16(4-2)14-18/h7-8,11-12,17-18H,3-6,9-10,13-14H2,1-2H3/b12-11+. The fourth-order valence-electron chi connectivity index (χ4n) is 3.27. The van der Waals surface area contributed by atoms with Crippen molar-refractivity contribution in [1.29, 1.82) is 0 Å². The van der Waals surface area contributed by atoms with Gasteiger partial charge in [0.2, 0.25) is 0 Å². The Morgan fingerprint density at radius 3 is 1.72 bits per heavy atom. The molecule has 18 heavy (non-hydrogen) atoms. The van der Waals surface area contributed by atoms with Crippen LogP contribution in [-0.2, 0) is 0 Å². The van der Waals surface area contributed by atoms with Gasteiger partial charge in [-0.1, -0.05) is 49.3 Å². The van der Waals surface area contributed by atoms with Gasteiger partial charge in [-0.25, -0.2) is 0 Å². The third-order valence-electron chi connectivity index (χ3n) is 4.55. The van der Waals surface area contributed by atoms with Crippen molar-refractivity contribution in [2.24, 2.45) is 11.8 Å². The predicted molar refractivity (Wildman–Crippen MR) is 80.6 cm³/mol. The van der Waals surface area contributed by atoms with Crippen LogP contribution in [0.25, 0.3) is 0 Å². The first-order valence-corrected chi connectivity index (χ1v) is 7.86. The average Bonchev–Trinajstić information content (AvgIpc) is 2.45. The molecule has 2 aliphatic rings. The van der Waals surface area contributed by atoms with Gasteiger partial charge in [-0.15, -0.1) is 0 Å². The van der Waals surface area contributed by atoms with E-state index >= 15 is 0 Å². The molecule has 0 aliphatic heterocycles. The fraction of sp³-hybridized carbons (Fsp3) is 0.667. The van der Waals surface area contributed by atoms with Gasteiger partial charge in [-0.05, 0) is 63.2 Å². The zero-order valence-electron chi connectivity index (χ0n) is 12.1. The highest BCUT2D eigenvalue weighted by Gasteiger charge is 2.14. The van der Waals surface area contributed by atoms with Crippen LogP contribution in [0.15, 0.2) is 35.5 Å². The Morgan fingerprint density at radius 2 is 1.33 bits per heavy atom. The summed E-state index contributed by atoms with van der Waals surface area (Å²) in [6.45, 7) is 4.58. The molecule has 0 saturated heterocycles. The summed E-state index contributed by atoms with van der Waals surface area (Å²) in [6.07, 6.45) is 20.4. The molecule has 0 nitrogen and oxygen atoms in total. The van der Waals surface area contributed by atoms with E-state index in [1.807, 2.05) is 0 Å². The molecule has 100 valence electrons. The third kappa shape index (κ3) is 3.86. The van der Waals surface area contributed by atoms with Gasteiger partial charge in [-0.2, -0.15) is 0 Å². The summed E-state index contributed by atoms with van der Waals surface area (Å²) < 4.78 is 0. The second-order valence-electron chi connectivity index (χ2n) is 5.90. The fourth-order valence-corrected chi connectivity index (χ4v) is 3.27. The van der Waals surface area contributed by atoms with Gasteiger partial charge in [0.1, 0.15) is 0 Å². The first-order chi connectivity index (χ1) is 8.81. The zero-order chi connectivity index (χ0) is 12.8. The first-order valence-electron chi connectivity index (χ1n) is 7.86. The van der Waals surface area contributed by atoms with E-state index in [1.165, 1.54) is 51.4 Å². The van der Waals surface area contributed by atoms with E-state index in [-0.39, 0.29) is 0 Å². The highest BCUT2D eigenvalue weighted by molar-refractivity contribution is 5.13. The molecule has 0 heterocycles. The van der Waals surface area contributed by atoms with E-state index in [1.54, 1.807) is 11.1 Å². The SMILES string of the molecule is CCC1=CCCC(/C=C/C2CCC=C(CC)C2)C1. The molecule has 2 atom stereocenters. The van der Waals surface area contributed by atoms with Gasteiger partial charge in [-0.3, -0.25) is 0 Å². The van der Waals surface area contributed by atoms with E-state index in [9.17, 15) is 0 Å². The number of hydrogen-bond acceptors (Lipinski definition) is 0. The summed E-state index contributed by atoms with van der Waals surface area (Å²) in [5.41, 5.74) is 3.35. The zero-order valence-corrected chi connectivity index (χ0v) is 12.1. The summed E-state index contributed by atoms with van der Waals surface area (Å²) in [5, 5.41) is 0. The van der Waals surface area contributed by atoms with E-state index < -0.39 is 0 Å². The number of hydrogen-bond donors (Lipinski definition) is 0. The van der Waals surface area contributed by atoms with Crippen molar-refractivity contribution < 1.29 is 0 Å². The largest absolute Gasteiger partial charge is 0.0853 e. The molecule has 2 aliphatic carbocycles. The highest BCUT2D eigenvalue weighted by Crippen LogP contribution is 2.30. The smallest absolute Gasteiger partial charge is 0.0193 e. The monoisotopic (exact) mass is 244 g/mol. The minimum absolute atomic E-state index is 0.820. The van der Waals surface area contributed by atoms with Gasteiger partial charge in [0, 0.05) is 0 Å².